The van der Waals surface area contributed by atoms with Crippen molar-refractivity contribution in [2.75, 3.05) is 5.75 Å². The van der Waals surface area contributed by atoms with E-state index in [-0.39, 0.29) is 12.1 Å². The molecule has 1 fully saturated rings. The number of fused-ring (bicyclic) bond motifs is 1. The van der Waals surface area contributed by atoms with Crippen molar-refractivity contribution in [1.82, 2.24) is 14.5 Å². The van der Waals surface area contributed by atoms with Crippen molar-refractivity contribution in [2.45, 2.75) is 45.3 Å². The molecule has 126 valence electrons. The first-order valence-corrected chi connectivity index (χ1v) is 9.63. The molecule has 2 aromatic rings. The van der Waals surface area contributed by atoms with Crippen LogP contribution in [0.25, 0.3) is 0 Å². The Morgan fingerprint density at radius 1 is 1.29 bits per heavy atom. The second-order valence-electron chi connectivity index (χ2n) is 6.72. The number of aryl methyl sites for hydroxylation is 1. The summed E-state index contributed by atoms with van der Waals surface area (Å²) in [6.45, 7) is 6.68. The largest absolute Gasteiger partial charge is 0.352 e. The molecule has 2 aliphatic rings. The maximum absolute atomic E-state index is 5.09. The van der Waals surface area contributed by atoms with E-state index in [1.807, 2.05) is 24.0 Å². The number of aliphatic imine (C=N–C) groups is 1. The van der Waals surface area contributed by atoms with Crippen molar-refractivity contribution < 1.29 is 0 Å². The number of amidine groups is 1. The van der Waals surface area contributed by atoms with Crippen LogP contribution in [0.4, 0.5) is 0 Å². The number of hydrogen-bond acceptors (Lipinski definition) is 4. The maximum Gasteiger partial charge on any atom is 0.160 e. The normalized spacial score (nSPS) is 25.9. The van der Waals surface area contributed by atoms with Crippen molar-refractivity contribution in [1.29, 1.82) is 0 Å². The number of rotatable bonds is 3. The Kier molecular flexibility index (Phi) is 3.91. The molecule has 0 unspecified atom stereocenters. The van der Waals surface area contributed by atoms with Gasteiger partial charge < -0.3 is 9.47 Å². The van der Waals surface area contributed by atoms with E-state index in [2.05, 4.69) is 60.5 Å². The fraction of sp³-hybridized carbons (Fsp3) is 0.474. The van der Waals surface area contributed by atoms with Gasteiger partial charge in [0.15, 0.2) is 5.17 Å². The van der Waals surface area contributed by atoms with Crippen LogP contribution < -0.4 is 0 Å². The van der Waals surface area contributed by atoms with Gasteiger partial charge >= 0.3 is 0 Å². The molecule has 1 saturated heterocycles. The lowest BCUT2D eigenvalue weighted by Crippen LogP contribution is -2.35. The highest BCUT2D eigenvalue weighted by Gasteiger charge is 2.46. The zero-order valence-corrected chi connectivity index (χ0v) is 15.5. The molecule has 0 spiro atoms. The molecule has 4 nitrogen and oxygen atoms in total. The average Bonchev–Trinajstić information content (AvgIpc) is 3.24. The van der Waals surface area contributed by atoms with Gasteiger partial charge in [0.05, 0.1) is 11.7 Å². The quantitative estimate of drug-likeness (QED) is 0.846. The first kappa shape index (κ1) is 15.8. The Morgan fingerprint density at radius 3 is 2.75 bits per heavy atom. The van der Waals surface area contributed by atoms with Crippen LogP contribution in [0.5, 0.6) is 0 Å². The predicted molar refractivity (Wildman–Crippen MR) is 100 cm³/mol. The van der Waals surface area contributed by atoms with Gasteiger partial charge in [-0.2, -0.15) is 0 Å². The first-order valence-electron chi connectivity index (χ1n) is 8.64. The van der Waals surface area contributed by atoms with Gasteiger partial charge in [-0.05, 0) is 44.0 Å². The zero-order valence-electron chi connectivity index (χ0n) is 14.7. The van der Waals surface area contributed by atoms with Crippen LogP contribution in [0.1, 0.15) is 48.1 Å². The lowest BCUT2D eigenvalue weighted by atomic mass is 9.95. The summed E-state index contributed by atoms with van der Waals surface area (Å²) in [5, 5.41) is 1.20. The summed E-state index contributed by atoms with van der Waals surface area (Å²) in [6, 6.07) is 9.40. The third-order valence-corrected chi connectivity index (χ3v) is 6.59. The molecule has 4 rings (SSSR count). The standard InChI is InChI=1S/C19H24N4S/c1-5-14-11-24-19-21-17(16-8-6-7-9-20-16)18(23(14)19)15-10-12(2)22(4)13(15)3/h6-10,14,17-18H,5,11H2,1-4H3/t14-,17+,18+/m1/s1. The van der Waals surface area contributed by atoms with Gasteiger partial charge in [-0.3, -0.25) is 9.98 Å². The molecule has 0 saturated carbocycles. The van der Waals surface area contributed by atoms with Gasteiger partial charge in [-0.1, -0.05) is 24.8 Å². The van der Waals surface area contributed by atoms with Crippen molar-refractivity contribution in [3.05, 3.63) is 53.1 Å². The molecule has 2 aliphatic heterocycles. The van der Waals surface area contributed by atoms with Crippen molar-refractivity contribution in [3.63, 3.8) is 0 Å². The highest BCUT2D eigenvalue weighted by Crippen LogP contribution is 2.49. The molecule has 0 amide bonds. The molecule has 2 aromatic heterocycles. The zero-order chi connectivity index (χ0) is 16.8. The lowest BCUT2D eigenvalue weighted by Gasteiger charge is -2.31. The van der Waals surface area contributed by atoms with Crippen LogP contribution in [0, 0.1) is 13.8 Å². The van der Waals surface area contributed by atoms with E-state index in [0.29, 0.717) is 6.04 Å². The minimum absolute atomic E-state index is 0.0866. The molecule has 0 aliphatic carbocycles. The highest BCUT2D eigenvalue weighted by molar-refractivity contribution is 8.14. The Balaban J connectivity index is 1.84. The average molecular weight is 340 g/mol. The monoisotopic (exact) mass is 340 g/mol. The van der Waals surface area contributed by atoms with E-state index in [1.54, 1.807) is 0 Å². The van der Waals surface area contributed by atoms with E-state index in [4.69, 9.17) is 4.99 Å². The van der Waals surface area contributed by atoms with Gasteiger partial charge in [0.2, 0.25) is 0 Å². The molecule has 3 atom stereocenters. The summed E-state index contributed by atoms with van der Waals surface area (Å²) in [5.74, 6) is 1.14. The second-order valence-corrected chi connectivity index (χ2v) is 7.71. The van der Waals surface area contributed by atoms with Crippen LogP contribution in [0.3, 0.4) is 0 Å². The maximum atomic E-state index is 5.09. The number of pyridine rings is 1. The molecule has 0 bridgehead atoms. The number of thioether (sulfide) groups is 1. The number of hydrogen-bond donors (Lipinski definition) is 0. The van der Waals surface area contributed by atoms with Crippen LogP contribution in [0.15, 0.2) is 35.5 Å². The minimum Gasteiger partial charge on any atom is -0.352 e. The van der Waals surface area contributed by atoms with Crippen LogP contribution in [-0.4, -0.2) is 31.4 Å². The Labute approximate surface area is 148 Å². The molecule has 5 heteroatoms. The minimum atomic E-state index is 0.0866. The molecule has 0 N–H and O–H groups in total. The molecule has 0 aromatic carbocycles. The van der Waals surface area contributed by atoms with Crippen molar-refractivity contribution in [3.8, 4) is 0 Å². The van der Waals surface area contributed by atoms with Crippen molar-refractivity contribution in [2.24, 2.45) is 12.0 Å². The van der Waals surface area contributed by atoms with E-state index < -0.39 is 0 Å². The number of nitrogens with zero attached hydrogens (tertiary/aromatic N) is 4. The smallest absolute Gasteiger partial charge is 0.160 e. The second kappa shape index (κ2) is 5.96. The van der Waals surface area contributed by atoms with Gasteiger partial charge in [0.25, 0.3) is 0 Å². The van der Waals surface area contributed by atoms with E-state index in [0.717, 1.165) is 17.9 Å². The topological polar surface area (TPSA) is 33.4 Å². The summed E-state index contributed by atoms with van der Waals surface area (Å²) in [5.41, 5.74) is 5.10. The summed E-state index contributed by atoms with van der Waals surface area (Å²) in [4.78, 5) is 12.3. The first-order chi connectivity index (χ1) is 11.6. The van der Waals surface area contributed by atoms with Gasteiger partial charge in [0, 0.05) is 36.4 Å². The van der Waals surface area contributed by atoms with Crippen LogP contribution in [-0.2, 0) is 7.05 Å². The molecule has 4 heterocycles. The summed E-state index contributed by atoms with van der Waals surface area (Å²) < 4.78 is 2.28. The number of aromatic nitrogens is 2. The fourth-order valence-corrected chi connectivity index (χ4v) is 5.21. The third-order valence-electron chi connectivity index (χ3n) is 5.46. The Morgan fingerprint density at radius 2 is 2.12 bits per heavy atom. The fourth-order valence-electron chi connectivity index (χ4n) is 3.87. The summed E-state index contributed by atoms with van der Waals surface area (Å²) >= 11 is 1.90. The van der Waals surface area contributed by atoms with E-state index in [1.165, 1.54) is 22.1 Å². The lowest BCUT2D eigenvalue weighted by molar-refractivity contribution is 0.254. The van der Waals surface area contributed by atoms with Crippen LogP contribution >= 0.6 is 11.8 Å². The van der Waals surface area contributed by atoms with Gasteiger partial charge in [0.1, 0.15) is 6.04 Å². The van der Waals surface area contributed by atoms with Gasteiger partial charge in [-0.25, -0.2) is 0 Å². The SMILES string of the molecule is CC[C@@H]1CSC2=N[C@@H](c3ccccn3)[C@H](c3cc(C)n(C)c3C)N21. The highest BCUT2D eigenvalue weighted by atomic mass is 32.2. The molecular weight excluding hydrogens is 316 g/mol. The Hall–Kier alpha value is -1.75. The molecular formula is C19H24N4S. The van der Waals surface area contributed by atoms with Crippen LogP contribution in [0.2, 0.25) is 0 Å². The van der Waals surface area contributed by atoms with E-state index in [9.17, 15) is 0 Å². The summed E-state index contributed by atoms with van der Waals surface area (Å²) in [6.07, 6.45) is 3.03. The summed E-state index contributed by atoms with van der Waals surface area (Å²) in [7, 11) is 2.15. The van der Waals surface area contributed by atoms with Crippen molar-refractivity contribution >= 4 is 16.9 Å². The van der Waals surface area contributed by atoms with Gasteiger partial charge in [-0.15, -0.1) is 0 Å². The predicted octanol–water partition coefficient (Wildman–Crippen LogP) is 4.02. The third kappa shape index (κ3) is 2.29. The van der Waals surface area contributed by atoms with E-state index >= 15 is 0 Å². The Bertz CT molecular complexity index is 780. The molecule has 0 radical (unpaired) electrons. The molecule has 24 heavy (non-hydrogen) atoms.